The summed E-state index contributed by atoms with van der Waals surface area (Å²) in [7, 11) is 0. The molecule has 0 heteroatoms. The van der Waals surface area contributed by atoms with E-state index >= 15 is 0 Å². The molecule has 0 bridgehead atoms. The molecular formula is C18H18. The van der Waals surface area contributed by atoms with Crippen molar-refractivity contribution in [1.82, 2.24) is 0 Å². The quantitative estimate of drug-likeness (QED) is 0.685. The molecule has 2 aromatic carbocycles. The average Bonchev–Trinajstić information content (AvgIpc) is 2.82. The third kappa shape index (κ3) is 1.78. The SMILES string of the molecule is CCC1=Cc2c(cccc2-c2ccccc2C)C1. The van der Waals surface area contributed by atoms with Crippen LogP contribution in [0.5, 0.6) is 0 Å². The molecule has 90 valence electrons. The Bertz CT molecular complexity index is 618. The van der Waals surface area contributed by atoms with Crippen molar-refractivity contribution in [3.05, 3.63) is 64.7 Å². The summed E-state index contributed by atoms with van der Waals surface area (Å²) in [5, 5.41) is 0. The number of hydrogen-bond acceptors (Lipinski definition) is 0. The van der Waals surface area contributed by atoms with Crippen LogP contribution in [0.25, 0.3) is 17.2 Å². The van der Waals surface area contributed by atoms with Gasteiger partial charge in [0.15, 0.2) is 0 Å². The van der Waals surface area contributed by atoms with Gasteiger partial charge in [0.2, 0.25) is 0 Å². The molecule has 0 fully saturated rings. The van der Waals surface area contributed by atoms with Crippen LogP contribution in [0.2, 0.25) is 0 Å². The third-order valence-corrected chi connectivity index (χ3v) is 3.85. The van der Waals surface area contributed by atoms with Gasteiger partial charge < -0.3 is 0 Å². The topological polar surface area (TPSA) is 0 Å². The molecule has 0 N–H and O–H groups in total. The van der Waals surface area contributed by atoms with Gasteiger partial charge in [0.1, 0.15) is 0 Å². The van der Waals surface area contributed by atoms with Gasteiger partial charge in [0.25, 0.3) is 0 Å². The number of fused-ring (bicyclic) bond motifs is 1. The van der Waals surface area contributed by atoms with Crippen LogP contribution >= 0.6 is 0 Å². The van der Waals surface area contributed by atoms with Crippen LogP contribution in [0.15, 0.2) is 48.0 Å². The molecule has 0 saturated heterocycles. The lowest BCUT2D eigenvalue weighted by atomic mass is 9.94. The van der Waals surface area contributed by atoms with Crippen LogP contribution in [-0.2, 0) is 6.42 Å². The Kier molecular flexibility index (Phi) is 2.79. The monoisotopic (exact) mass is 234 g/mol. The van der Waals surface area contributed by atoms with E-state index in [9.17, 15) is 0 Å². The third-order valence-electron chi connectivity index (χ3n) is 3.85. The number of benzene rings is 2. The lowest BCUT2D eigenvalue weighted by Gasteiger charge is -2.10. The Hall–Kier alpha value is -1.82. The number of rotatable bonds is 2. The first-order valence-corrected chi connectivity index (χ1v) is 6.67. The molecule has 0 heterocycles. The second-order valence-corrected chi connectivity index (χ2v) is 5.03. The molecule has 0 atom stereocenters. The normalized spacial score (nSPS) is 13.3. The summed E-state index contributed by atoms with van der Waals surface area (Å²) in [5.41, 5.74) is 8.56. The van der Waals surface area contributed by atoms with E-state index in [1.54, 1.807) is 5.57 Å². The maximum atomic E-state index is 2.39. The maximum Gasteiger partial charge on any atom is -0.00577 e. The van der Waals surface area contributed by atoms with Crippen LogP contribution in [0.4, 0.5) is 0 Å². The van der Waals surface area contributed by atoms with Gasteiger partial charge in [-0.3, -0.25) is 0 Å². The van der Waals surface area contributed by atoms with Gasteiger partial charge in [0, 0.05) is 0 Å². The van der Waals surface area contributed by atoms with E-state index in [0.29, 0.717) is 0 Å². The van der Waals surface area contributed by atoms with Crippen molar-refractivity contribution in [1.29, 1.82) is 0 Å². The summed E-state index contributed by atoms with van der Waals surface area (Å²) in [4.78, 5) is 0. The van der Waals surface area contributed by atoms with Crippen molar-refractivity contribution >= 4 is 6.08 Å². The van der Waals surface area contributed by atoms with Crippen LogP contribution in [-0.4, -0.2) is 0 Å². The van der Waals surface area contributed by atoms with E-state index in [2.05, 4.69) is 62.4 Å². The predicted octanol–water partition coefficient (Wildman–Crippen LogP) is 5.01. The predicted molar refractivity (Wildman–Crippen MR) is 78.6 cm³/mol. The summed E-state index contributed by atoms with van der Waals surface area (Å²) in [6, 6.07) is 15.3. The molecular weight excluding hydrogens is 216 g/mol. The summed E-state index contributed by atoms with van der Waals surface area (Å²) in [6.07, 6.45) is 4.67. The van der Waals surface area contributed by atoms with Crippen molar-refractivity contribution in [2.24, 2.45) is 0 Å². The summed E-state index contributed by atoms with van der Waals surface area (Å²) in [5.74, 6) is 0. The molecule has 0 unspecified atom stereocenters. The Labute approximate surface area is 109 Å². The minimum absolute atomic E-state index is 1.13. The molecule has 2 aromatic rings. The highest BCUT2D eigenvalue weighted by Gasteiger charge is 2.15. The first-order valence-electron chi connectivity index (χ1n) is 6.67. The van der Waals surface area contributed by atoms with Crippen LogP contribution in [0.1, 0.15) is 30.0 Å². The molecule has 0 aromatic heterocycles. The van der Waals surface area contributed by atoms with Crippen LogP contribution in [0, 0.1) is 6.92 Å². The lowest BCUT2D eigenvalue weighted by Crippen LogP contribution is -1.89. The molecule has 0 nitrogen and oxygen atoms in total. The molecule has 18 heavy (non-hydrogen) atoms. The second-order valence-electron chi connectivity index (χ2n) is 5.03. The highest BCUT2D eigenvalue weighted by Crippen LogP contribution is 2.35. The van der Waals surface area contributed by atoms with Gasteiger partial charge in [-0.05, 0) is 47.6 Å². The van der Waals surface area contributed by atoms with Crippen molar-refractivity contribution in [3.8, 4) is 11.1 Å². The van der Waals surface area contributed by atoms with E-state index in [0.717, 1.165) is 12.8 Å². The number of aryl methyl sites for hydroxylation is 1. The molecule has 0 saturated carbocycles. The lowest BCUT2D eigenvalue weighted by molar-refractivity contribution is 1.04. The van der Waals surface area contributed by atoms with E-state index < -0.39 is 0 Å². The molecule has 1 aliphatic rings. The van der Waals surface area contributed by atoms with E-state index in [1.807, 2.05) is 0 Å². The van der Waals surface area contributed by atoms with Gasteiger partial charge in [-0.25, -0.2) is 0 Å². The van der Waals surface area contributed by atoms with Gasteiger partial charge in [0.05, 0.1) is 0 Å². The van der Waals surface area contributed by atoms with Crippen LogP contribution < -0.4 is 0 Å². The van der Waals surface area contributed by atoms with Crippen molar-refractivity contribution < 1.29 is 0 Å². The fourth-order valence-electron chi connectivity index (χ4n) is 2.77. The van der Waals surface area contributed by atoms with E-state index in [4.69, 9.17) is 0 Å². The van der Waals surface area contributed by atoms with E-state index in [-0.39, 0.29) is 0 Å². The minimum atomic E-state index is 1.13. The summed E-state index contributed by atoms with van der Waals surface area (Å²) < 4.78 is 0. The largest absolute Gasteiger partial charge is 0.0655 e. The standard InChI is InChI=1S/C18H18/c1-3-14-11-15-8-6-10-17(18(15)12-14)16-9-5-4-7-13(16)2/h4-10,12H,3,11H2,1-2H3. The minimum Gasteiger partial charge on any atom is -0.0655 e. The molecule has 3 rings (SSSR count). The maximum absolute atomic E-state index is 2.39. The molecule has 0 spiro atoms. The summed E-state index contributed by atoms with van der Waals surface area (Å²) >= 11 is 0. The highest BCUT2D eigenvalue weighted by atomic mass is 14.2. The first-order chi connectivity index (χ1) is 8.79. The Morgan fingerprint density at radius 3 is 2.50 bits per heavy atom. The van der Waals surface area contributed by atoms with Crippen molar-refractivity contribution in [2.45, 2.75) is 26.7 Å². The fourth-order valence-corrected chi connectivity index (χ4v) is 2.77. The zero-order chi connectivity index (χ0) is 12.5. The molecule has 1 aliphatic carbocycles. The van der Waals surface area contributed by atoms with Gasteiger partial charge in [-0.1, -0.05) is 61.0 Å². The average molecular weight is 234 g/mol. The number of hydrogen-bond donors (Lipinski definition) is 0. The first kappa shape index (κ1) is 11.3. The number of allylic oxidation sites excluding steroid dienone is 1. The Morgan fingerprint density at radius 2 is 1.72 bits per heavy atom. The fraction of sp³-hybridized carbons (Fsp3) is 0.222. The summed E-state index contributed by atoms with van der Waals surface area (Å²) in [6.45, 7) is 4.43. The van der Waals surface area contributed by atoms with Crippen molar-refractivity contribution in [3.63, 3.8) is 0 Å². The van der Waals surface area contributed by atoms with Gasteiger partial charge >= 0.3 is 0 Å². The Balaban J connectivity index is 2.18. The molecule has 0 aliphatic heterocycles. The molecule has 0 amide bonds. The second kappa shape index (κ2) is 4.45. The Morgan fingerprint density at radius 1 is 0.944 bits per heavy atom. The highest BCUT2D eigenvalue weighted by molar-refractivity contribution is 5.82. The smallest absolute Gasteiger partial charge is 0.00577 e. The van der Waals surface area contributed by atoms with Crippen LogP contribution in [0.3, 0.4) is 0 Å². The zero-order valence-electron chi connectivity index (χ0n) is 11.0. The molecule has 0 radical (unpaired) electrons. The van der Waals surface area contributed by atoms with Gasteiger partial charge in [-0.15, -0.1) is 0 Å². The van der Waals surface area contributed by atoms with Crippen molar-refractivity contribution in [2.75, 3.05) is 0 Å². The zero-order valence-corrected chi connectivity index (χ0v) is 11.0. The van der Waals surface area contributed by atoms with E-state index in [1.165, 1.54) is 27.8 Å². The van der Waals surface area contributed by atoms with Gasteiger partial charge in [-0.2, -0.15) is 0 Å².